The summed E-state index contributed by atoms with van der Waals surface area (Å²) < 4.78 is 0. The van der Waals surface area contributed by atoms with Crippen LogP contribution in [-0.2, 0) is 13.0 Å². The van der Waals surface area contributed by atoms with E-state index in [1.165, 1.54) is 16.8 Å². The zero-order valence-electron chi connectivity index (χ0n) is 23.0. The first-order valence-electron chi connectivity index (χ1n) is 13.5. The highest BCUT2D eigenvalue weighted by molar-refractivity contribution is 5.95. The number of aryl methyl sites for hydroxylation is 1. The Kier molecular flexibility index (Phi) is 9.18. The average Bonchev–Trinajstić information content (AvgIpc) is 2.93. The molecule has 202 valence electrons. The fraction of sp³-hybridized carbons (Fsp3) is 0.265. The van der Waals surface area contributed by atoms with Gasteiger partial charge in [-0.2, -0.15) is 0 Å². The number of benzene rings is 3. The van der Waals surface area contributed by atoms with Gasteiger partial charge in [0, 0.05) is 35.9 Å². The third-order valence-corrected chi connectivity index (χ3v) is 7.20. The highest BCUT2D eigenvalue weighted by Gasteiger charge is 2.20. The molecule has 0 spiro atoms. The van der Waals surface area contributed by atoms with Crippen molar-refractivity contribution in [3.8, 4) is 11.1 Å². The Morgan fingerprint density at radius 1 is 1.08 bits per heavy atom. The van der Waals surface area contributed by atoms with Crippen LogP contribution in [0.3, 0.4) is 0 Å². The number of carbonyl (C=O) groups excluding carboxylic acids is 1. The molecule has 3 aromatic carbocycles. The number of anilines is 1. The molecule has 1 unspecified atom stereocenters. The highest BCUT2D eigenvalue weighted by Crippen LogP contribution is 2.31. The van der Waals surface area contributed by atoms with Crippen molar-refractivity contribution >= 4 is 11.6 Å². The maximum absolute atomic E-state index is 13.0. The van der Waals surface area contributed by atoms with Gasteiger partial charge in [-0.15, -0.1) is 0 Å². The molecule has 3 aromatic rings. The van der Waals surface area contributed by atoms with E-state index in [-0.39, 0.29) is 11.9 Å². The Labute approximate surface area is 231 Å². The molecule has 1 aliphatic rings. The Bertz CT molecular complexity index is 1390. The lowest BCUT2D eigenvalue weighted by Gasteiger charge is -2.32. The summed E-state index contributed by atoms with van der Waals surface area (Å²) >= 11 is 0. The largest absolute Gasteiger partial charge is 0.367 e. The van der Waals surface area contributed by atoms with E-state index in [4.69, 9.17) is 0 Å². The van der Waals surface area contributed by atoms with Crippen molar-refractivity contribution in [2.45, 2.75) is 52.5 Å². The van der Waals surface area contributed by atoms with E-state index in [0.717, 1.165) is 48.2 Å². The summed E-state index contributed by atoms with van der Waals surface area (Å²) in [5.41, 5.74) is 8.54. The van der Waals surface area contributed by atoms with E-state index >= 15 is 0 Å². The van der Waals surface area contributed by atoms with Crippen LogP contribution in [-0.4, -0.2) is 28.7 Å². The van der Waals surface area contributed by atoms with Gasteiger partial charge in [0.25, 0.3) is 5.91 Å². The molecule has 1 amide bonds. The van der Waals surface area contributed by atoms with E-state index in [9.17, 15) is 15.0 Å². The summed E-state index contributed by atoms with van der Waals surface area (Å²) in [6.07, 6.45) is 6.39. The molecule has 0 aromatic heterocycles. The van der Waals surface area contributed by atoms with Crippen LogP contribution < -0.4 is 10.2 Å². The first kappa shape index (κ1) is 28.1. The van der Waals surface area contributed by atoms with Gasteiger partial charge in [-0.05, 0) is 74.1 Å². The first-order valence-corrected chi connectivity index (χ1v) is 13.5. The summed E-state index contributed by atoms with van der Waals surface area (Å²) in [7, 11) is 0. The molecule has 0 saturated carbocycles. The average molecular weight is 523 g/mol. The normalized spacial score (nSPS) is 14.4. The molecule has 1 atom stereocenters. The van der Waals surface area contributed by atoms with Gasteiger partial charge in [-0.1, -0.05) is 84.5 Å². The molecule has 5 heteroatoms. The maximum atomic E-state index is 13.0. The van der Waals surface area contributed by atoms with Crippen LogP contribution in [0.15, 0.2) is 103 Å². The van der Waals surface area contributed by atoms with Gasteiger partial charge in [0.2, 0.25) is 0 Å². The summed E-state index contributed by atoms with van der Waals surface area (Å²) in [6.45, 7) is 11.5. The summed E-state index contributed by atoms with van der Waals surface area (Å²) in [5, 5.41) is 22.5. The number of nitrogens with one attached hydrogen (secondary N) is 1. The minimum absolute atomic E-state index is 0.0667. The second-order valence-corrected chi connectivity index (χ2v) is 10.3. The summed E-state index contributed by atoms with van der Waals surface area (Å²) in [4.78, 5) is 15.4. The van der Waals surface area contributed by atoms with Gasteiger partial charge in [-0.3, -0.25) is 4.79 Å². The SMILES string of the molecule is C=C(C)C=CC=C(C)C(C)NC(=O)c1ccc2c(c1)CCCN2Cc1ccc(-c2ccccc2C(O)O)cc1. The number of carbonyl (C=O) groups is 1. The van der Waals surface area contributed by atoms with Gasteiger partial charge in [0.05, 0.1) is 0 Å². The number of amides is 1. The number of nitrogens with zero attached hydrogens (tertiary/aromatic N) is 1. The van der Waals surface area contributed by atoms with E-state index in [1.54, 1.807) is 12.1 Å². The zero-order valence-corrected chi connectivity index (χ0v) is 23.0. The van der Waals surface area contributed by atoms with Crippen LogP contribution in [0.2, 0.25) is 0 Å². The summed E-state index contributed by atoms with van der Waals surface area (Å²) in [6, 6.07) is 21.5. The predicted molar refractivity (Wildman–Crippen MR) is 160 cm³/mol. The van der Waals surface area contributed by atoms with E-state index < -0.39 is 6.29 Å². The molecule has 1 heterocycles. The van der Waals surface area contributed by atoms with Crippen LogP contribution in [0.4, 0.5) is 5.69 Å². The summed E-state index contributed by atoms with van der Waals surface area (Å²) in [5.74, 6) is -0.0667. The number of rotatable bonds is 9. The van der Waals surface area contributed by atoms with E-state index in [1.807, 2.05) is 75.4 Å². The molecule has 1 aliphatic heterocycles. The predicted octanol–water partition coefficient (Wildman–Crippen LogP) is 6.49. The van der Waals surface area contributed by atoms with Crippen molar-refractivity contribution in [3.63, 3.8) is 0 Å². The Morgan fingerprint density at radius 2 is 1.82 bits per heavy atom. The molecule has 3 N–H and O–H groups in total. The Balaban J connectivity index is 1.44. The number of allylic oxidation sites excluding steroid dienone is 4. The molecule has 4 rings (SSSR count). The third kappa shape index (κ3) is 7.14. The van der Waals surface area contributed by atoms with E-state index in [0.29, 0.717) is 11.1 Å². The fourth-order valence-corrected chi connectivity index (χ4v) is 4.88. The van der Waals surface area contributed by atoms with Gasteiger partial charge in [-0.25, -0.2) is 0 Å². The minimum atomic E-state index is -1.51. The second kappa shape index (κ2) is 12.7. The molecule has 0 saturated heterocycles. The second-order valence-electron chi connectivity index (χ2n) is 10.3. The maximum Gasteiger partial charge on any atom is 0.251 e. The van der Waals surface area contributed by atoms with Gasteiger partial charge >= 0.3 is 0 Å². The molecule has 0 radical (unpaired) electrons. The van der Waals surface area contributed by atoms with Crippen molar-refractivity contribution in [2.24, 2.45) is 0 Å². The molecule has 39 heavy (non-hydrogen) atoms. The molecular weight excluding hydrogens is 484 g/mol. The number of hydrogen-bond acceptors (Lipinski definition) is 4. The minimum Gasteiger partial charge on any atom is -0.367 e. The van der Waals surface area contributed by atoms with Crippen molar-refractivity contribution in [2.75, 3.05) is 11.4 Å². The smallest absolute Gasteiger partial charge is 0.251 e. The van der Waals surface area contributed by atoms with Crippen molar-refractivity contribution < 1.29 is 15.0 Å². The Hall–Kier alpha value is -3.93. The van der Waals surface area contributed by atoms with Crippen LogP contribution in [0.25, 0.3) is 11.1 Å². The monoisotopic (exact) mass is 522 g/mol. The van der Waals surface area contributed by atoms with Crippen LogP contribution in [0.5, 0.6) is 0 Å². The molecule has 0 aliphatic carbocycles. The molecular formula is C34H38N2O3. The van der Waals surface area contributed by atoms with Gasteiger partial charge in [0.1, 0.15) is 0 Å². The van der Waals surface area contributed by atoms with Gasteiger partial charge < -0.3 is 20.4 Å². The fourth-order valence-electron chi connectivity index (χ4n) is 4.88. The van der Waals surface area contributed by atoms with Crippen LogP contribution in [0.1, 0.15) is 60.5 Å². The van der Waals surface area contributed by atoms with Crippen LogP contribution in [0, 0.1) is 0 Å². The topological polar surface area (TPSA) is 72.8 Å². The number of fused-ring (bicyclic) bond motifs is 1. The molecule has 5 nitrogen and oxygen atoms in total. The number of hydrogen-bond donors (Lipinski definition) is 3. The van der Waals surface area contributed by atoms with Crippen LogP contribution >= 0.6 is 0 Å². The van der Waals surface area contributed by atoms with E-state index in [2.05, 4.69) is 35.0 Å². The lowest BCUT2D eigenvalue weighted by Crippen LogP contribution is -2.34. The number of aliphatic hydroxyl groups is 2. The first-order chi connectivity index (χ1) is 18.7. The highest BCUT2D eigenvalue weighted by atomic mass is 16.5. The molecule has 0 fully saturated rings. The van der Waals surface area contributed by atoms with Crippen molar-refractivity contribution in [3.05, 3.63) is 125 Å². The number of aliphatic hydroxyl groups excluding tert-OH is 1. The zero-order chi connectivity index (χ0) is 27.9. The van der Waals surface area contributed by atoms with Gasteiger partial charge in [0.15, 0.2) is 6.29 Å². The lowest BCUT2D eigenvalue weighted by atomic mass is 9.96. The third-order valence-electron chi connectivity index (χ3n) is 7.20. The Morgan fingerprint density at radius 3 is 2.54 bits per heavy atom. The van der Waals surface area contributed by atoms with Crippen molar-refractivity contribution in [1.29, 1.82) is 0 Å². The molecule has 0 bridgehead atoms. The quantitative estimate of drug-likeness (QED) is 0.222. The lowest BCUT2D eigenvalue weighted by molar-refractivity contribution is -0.0420. The van der Waals surface area contributed by atoms with Crippen molar-refractivity contribution in [1.82, 2.24) is 5.32 Å². The standard InChI is InChI=1S/C34H38N2O3/c1-23(2)9-7-10-24(3)25(4)35-33(37)29-18-19-32-28(21-29)11-8-20-36(32)22-26-14-16-27(17-15-26)30-12-5-6-13-31(30)34(38)39/h5-7,9-10,12-19,21,25,34,38-39H,1,8,11,20,22H2,2-4H3,(H,35,37).